The molecule has 4 aromatic rings. The number of rotatable bonds is 5. The van der Waals surface area contributed by atoms with Gasteiger partial charge >= 0.3 is 12.1 Å². The first-order valence-electron chi connectivity index (χ1n) is 8.61. The summed E-state index contributed by atoms with van der Waals surface area (Å²) in [6.45, 7) is 0.278. The average Bonchev–Trinajstić information content (AvgIpc) is 3.37. The van der Waals surface area contributed by atoms with Crippen molar-refractivity contribution >= 4 is 15.4 Å². The van der Waals surface area contributed by atoms with Crippen molar-refractivity contribution in [1.82, 2.24) is 29.3 Å². The summed E-state index contributed by atoms with van der Waals surface area (Å²) in [5.74, 6) is -1.47. The molecule has 0 fully saturated rings. The number of halogens is 3. The Kier molecular flexibility index (Phi) is 4.84. The lowest BCUT2D eigenvalue weighted by Crippen LogP contribution is -2.04. The number of nitrogens with zero attached hydrogens (tertiary/aromatic N) is 7. The lowest BCUT2D eigenvalue weighted by molar-refractivity contribution is -0.159. The second-order valence-electron chi connectivity index (χ2n) is 6.75. The number of pyridine rings is 1. The van der Waals surface area contributed by atoms with E-state index in [0.717, 1.165) is 5.56 Å². The van der Waals surface area contributed by atoms with Crippen LogP contribution in [0.2, 0.25) is 0 Å². The molecule has 0 bridgehead atoms. The van der Waals surface area contributed by atoms with E-state index in [-0.39, 0.29) is 18.1 Å². The quantitative estimate of drug-likeness (QED) is 0.474. The fraction of sp³-hybridized carbons (Fsp3) is 0.294. The molecule has 0 N–H and O–H groups in total. The van der Waals surface area contributed by atoms with Crippen molar-refractivity contribution in [3.05, 3.63) is 54.1 Å². The number of aryl methyl sites for hydroxylation is 1. The van der Waals surface area contributed by atoms with Crippen molar-refractivity contribution in [1.29, 1.82) is 0 Å². The van der Waals surface area contributed by atoms with Crippen molar-refractivity contribution in [2.75, 3.05) is 6.26 Å². The molecule has 0 aliphatic heterocycles. The van der Waals surface area contributed by atoms with Gasteiger partial charge < -0.3 is 8.92 Å². The summed E-state index contributed by atoms with van der Waals surface area (Å²) >= 11 is 0. The van der Waals surface area contributed by atoms with Gasteiger partial charge in [-0.05, 0) is 12.1 Å². The van der Waals surface area contributed by atoms with Gasteiger partial charge in [0.15, 0.2) is 0 Å². The summed E-state index contributed by atoms with van der Waals surface area (Å²) in [5, 5.41) is 7.42. The molecule has 30 heavy (non-hydrogen) atoms. The Morgan fingerprint density at radius 3 is 2.67 bits per heavy atom. The summed E-state index contributed by atoms with van der Waals surface area (Å²) < 4.78 is 62.6. The lowest BCUT2D eigenvalue weighted by Gasteiger charge is -2.01. The van der Waals surface area contributed by atoms with Gasteiger partial charge in [-0.2, -0.15) is 23.3 Å². The molecule has 0 radical (unpaired) electrons. The summed E-state index contributed by atoms with van der Waals surface area (Å²) in [6, 6.07) is 3.14. The van der Waals surface area contributed by atoms with Gasteiger partial charge in [-0.25, -0.2) is 13.6 Å². The lowest BCUT2D eigenvalue weighted by atomic mass is 10.3. The highest BCUT2D eigenvalue weighted by atomic mass is 32.2. The molecule has 0 aliphatic rings. The zero-order valence-electron chi connectivity index (χ0n) is 15.9. The zero-order valence-corrected chi connectivity index (χ0v) is 16.7. The van der Waals surface area contributed by atoms with Crippen LogP contribution in [-0.2, 0) is 35.3 Å². The topological polar surface area (TPSA) is 103 Å². The summed E-state index contributed by atoms with van der Waals surface area (Å²) in [4.78, 5) is 7.77. The average molecular weight is 439 g/mol. The predicted molar refractivity (Wildman–Crippen MR) is 101 cm³/mol. The number of hydrogen-bond donors (Lipinski definition) is 0. The smallest absolute Gasteiger partial charge is 0.329 e. The second-order valence-corrected chi connectivity index (χ2v) is 9.22. The van der Waals surface area contributed by atoms with E-state index in [9.17, 15) is 17.4 Å². The molecule has 0 spiro atoms. The number of hydrogen-bond acceptors (Lipinski definition) is 7. The standard InChI is InChI=1S/C17H16F3N7O2S/c1-26-7-11(5-21-26)6-22-30(2,28)10-13-9-27-8-12(3-4-14(27)23-13)15-24-16(29-25-15)17(18,19)20/h3-5,7-9H,6,10H2,1-2H3. The molecule has 13 heteroatoms. The highest BCUT2D eigenvalue weighted by Crippen LogP contribution is 2.29. The first kappa shape index (κ1) is 20.1. The predicted octanol–water partition coefficient (Wildman–Crippen LogP) is 2.93. The van der Waals surface area contributed by atoms with Crippen LogP contribution in [0, 0.1) is 0 Å². The van der Waals surface area contributed by atoms with Crippen molar-refractivity contribution in [3.8, 4) is 11.4 Å². The van der Waals surface area contributed by atoms with Gasteiger partial charge in [-0.15, -0.1) is 0 Å². The van der Waals surface area contributed by atoms with Crippen molar-refractivity contribution < 1.29 is 21.9 Å². The Bertz CT molecular complexity index is 1330. The molecular formula is C17H16F3N7O2S. The Morgan fingerprint density at radius 2 is 2.00 bits per heavy atom. The van der Waals surface area contributed by atoms with Crippen LogP contribution >= 0.6 is 0 Å². The van der Waals surface area contributed by atoms with Crippen LogP contribution < -0.4 is 0 Å². The maximum absolute atomic E-state index is 12.8. The summed E-state index contributed by atoms with van der Waals surface area (Å²) in [6.07, 6.45) is 3.48. The van der Waals surface area contributed by atoms with Gasteiger partial charge in [0.05, 0.1) is 24.2 Å². The molecule has 158 valence electrons. The number of aromatic nitrogens is 6. The van der Waals surface area contributed by atoms with Crippen molar-refractivity contribution in [3.63, 3.8) is 0 Å². The number of imidazole rings is 1. The van der Waals surface area contributed by atoms with Gasteiger partial charge in [0.1, 0.15) is 5.65 Å². The Labute approximate surface area is 168 Å². The minimum absolute atomic E-state index is 0.130. The molecule has 4 rings (SSSR count). The maximum Gasteiger partial charge on any atom is 0.471 e. The van der Waals surface area contributed by atoms with Gasteiger partial charge in [-0.3, -0.25) is 4.68 Å². The fourth-order valence-corrected chi connectivity index (χ4v) is 3.99. The second kappa shape index (κ2) is 7.23. The molecule has 4 heterocycles. The SMILES string of the molecule is Cn1cc(CN=S(C)(=O)Cc2cn3cc(-c4noc(C(F)(F)F)n4)ccc3n2)cn1. The van der Waals surface area contributed by atoms with Crippen LogP contribution in [0.15, 0.2) is 45.8 Å². The van der Waals surface area contributed by atoms with Crippen LogP contribution in [0.25, 0.3) is 17.0 Å². The van der Waals surface area contributed by atoms with E-state index in [1.807, 2.05) is 0 Å². The van der Waals surface area contributed by atoms with E-state index in [0.29, 0.717) is 16.9 Å². The van der Waals surface area contributed by atoms with E-state index >= 15 is 0 Å². The normalized spacial score (nSPS) is 14.2. The van der Waals surface area contributed by atoms with Crippen LogP contribution in [0.4, 0.5) is 13.2 Å². The molecule has 4 aromatic heterocycles. The third-order valence-corrected chi connectivity index (χ3v) is 5.63. The van der Waals surface area contributed by atoms with Crippen LogP contribution in [0.5, 0.6) is 0 Å². The Balaban J connectivity index is 1.56. The van der Waals surface area contributed by atoms with E-state index in [1.54, 1.807) is 47.0 Å². The Morgan fingerprint density at radius 1 is 1.20 bits per heavy atom. The van der Waals surface area contributed by atoms with Gasteiger partial charge in [0, 0.05) is 52.7 Å². The van der Waals surface area contributed by atoms with Crippen LogP contribution in [0.3, 0.4) is 0 Å². The van der Waals surface area contributed by atoms with E-state index in [1.165, 1.54) is 12.3 Å². The third-order valence-electron chi connectivity index (χ3n) is 4.12. The molecule has 0 saturated heterocycles. The van der Waals surface area contributed by atoms with Crippen molar-refractivity contribution in [2.45, 2.75) is 18.5 Å². The highest BCUT2D eigenvalue weighted by Gasteiger charge is 2.38. The van der Waals surface area contributed by atoms with Gasteiger partial charge in [0.25, 0.3) is 0 Å². The molecule has 1 unspecified atom stereocenters. The first-order chi connectivity index (χ1) is 14.1. The van der Waals surface area contributed by atoms with E-state index in [4.69, 9.17) is 0 Å². The molecule has 1 atom stereocenters. The number of alkyl halides is 3. The summed E-state index contributed by atoms with van der Waals surface area (Å²) in [7, 11) is -0.761. The maximum atomic E-state index is 12.8. The number of fused-ring (bicyclic) bond motifs is 1. The van der Waals surface area contributed by atoms with Crippen LogP contribution in [0.1, 0.15) is 17.1 Å². The monoisotopic (exact) mass is 439 g/mol. The molecule has 0 aromatic carbocycles. The fourth-order valence-electron chi connectivity index (χ4n) is 2.79. The van der Waals surface area contributed by atoms with Gasteiger partial charge in [-0.1, -0.05) is 5.16 Å². The van der Waals surface area contributed by atoms with E-state index < -0.39 is 21.8 Å². The molecular weight excluding hydrogens is 423 g/mol. The van der Waals surface area contributed by atoms with E-state index in [2.05, 4.69) is 29.1 Å². The van der Waals surface area contributed by atoms with Gasteiger partial charge in [0.2, 0.25) is 5.82 Å². The summed E-state index contributed by atoms with van der Waals surface area (Å²) in [5.41, 5.74) is 2.25. The molecule has 0 aliphatic carbocycles. The molecule has 9 nitrogen and oxygen atoms in total. The van der Waals surface area contributed by atoms with Crippen LogP contribution in [-0.4, -0.2) is 39.8 Å². The Hall–Kier alpha value is -3.22. The minimum atomic E-state index is -4.71. The van der Waals surface area contributed by atoms with Crippen molar-refractivity contribution in [2.24, 2.45) is 11.4 Å². The zero-order chi connectivity index (χ0) is 21.5. The molecule has 0 amide bonds. The minimum Gasteiger partial charge on any atom is -0.329 e. The highest BCUT2D eigenvalue weighted by molar-refractivity contribution is 7.92. The largest absolute Gasteiger partial charge is 0.471 e. The third kappa shape index (κ3) is 4.35. The first-order valence-corrected chi connectivity index (χ1v) is 10.7. The molecule has 0 saturated carbocycles.